The highest BCUT2D eigenvalue weighted by atomic mass is 14.9. The average molecular weight is 220 g/mol. The fraction of sp³-hybridized carbons (Fsp3) is 0.571. The largest absolute Gasteiger partial charge is 0.327 e. The molecule has 0 fully saturated rings. The number of hydrogen-bond donors (Lipinski definition) is 2. The Labute approximate surface area is 99.2 Å². The first-order valence-corrected chi connectivity index (χ1v) is 6.18. The van der Waals surface area contributed by atoms with E-state index in [0.717, 1.165) is 25.9 Å². The maximum absolute atomic E-state index is 6.08. The number of nitrogens with one attached hydrogen (secondary N) is 1. The van der Waals surface area contributed by atoms with Gasteiger partial charge >= 0.3 is 0 Å². The highest BCUT2D eigenvalue weighted by Gasteiger charge is 2.03. The van der Waals surface area contributed by atoms with E-state index >= 15 is 0 Å². The summed E-state index contributed by atoms with van der Waals surface area (Å²) in [6.45, 7) is 6.54. The Morgan fingerprint density at radius 1 is 1.19 bits per heavy atom. The summed E-state index contributed by atoms with van der Waals surface area (Å²) < 4.78 is 0. The van der Waals surface area contributed by atoms with Crippen LogP contribution in [-0.2, 0) is 6.42 Å². The maximum Gasteiger partial charge on any atom is 0.00914 e. The second-order valence-electron chi connectivity index (χ2n) is 4.84. The molecule has 0 bridgehead atoms. The molecule has 0 aliphatic heterocycles. The van der Waals surface area contributed by atoms with E-state index in [4.69, 9.17) is 5.73 Å². The van der Waals surface area contributed by atoms with E-state index in [9.17, 15) is 0 Å². The van der Waals surface area contributed by atoms with Crippen LogP contribution in [0.3, 0.4) is 0 Å². The van der Waals surface area contributed by atoms with Gasteiger partial charge in [-0.15, -0.1) is 0 Å². The first-order valence-electron chi connectivity index (χ1n) is 6.18. The van der Waals surface area contributed by atoms with Crippen molar-refractivity contribution in [1.29, 1.82) is 0 Å². The summed E-state index contributed by atoms with van der Waals surface area (Å²) >= 11 is 0. The van der Waals surface area contributed by atoms with Crippen LogP contribution in [0.1, 0.15) is 25.8 Å². The lowest BCUT2D eigenvalue weighted by atomic mass is 10.0. The van der Waals surface area contributed by atoms with E-state index in [0.29, 0.717) is 5.92 Å². The zero-order chi connectivity index (χ0) is 11.8. The van der Waals surface area contributed by atoms with Gasteiger partial charge in [-0.25, -0.2) is 0 Å². The molecule has 90 valence electrons. The van der Waals surface area contributed by atoms with Crippen LogP contribution in [0.25, 0.3) is 0 Å². The summed E-state index contributed by atoms with van der Waals surface area (Å²) in [6.07, 6.45) is 2.02. The van der Waals surface area contributed by atoms with E-state index < -0.39 is 0 Å². The molecule has 16 heavy (non-hydrogen) atoms. The van der Waals surface area contributed by atoms with Gasteiger partial charge in [0.25, 0.3) is 0 Å². The smallest absolute Gasteiger partial charge is 0.00914 e. The normalized spacial score (nSPS) is 13.0. The SMILES string of the molecule is CC(C)CNCCC(N)Cc1ccccc1. The molecule has 0 saturated heterocycles. The average Bonchev–Trinajstić information content (AvgIpc) is 2.25. The fourth-order valence-corrected chi connectivity index (χ4v) is 1.70. The molecule has 0 saturated carbocycles. The molecule has 1 aromatic carbocycles. The number of benzene rings is 1. The van der Waals surface area contributed by atoms with Gasteiger partial charge < -0.3 is 11.1 Å². The van der Waals surface area contributed by atoms with E-state index in [-0.39, 0.29) is 6.04 Å². The molecule has 0 amide bonds. The topological polar surface area (TPSA) is 38.0 Å². The second-order valence-corrected chi connectivity index (χ2v) is 4.84. The molecule has 1 aromatic rings. The van der Waals surface area contributed by atoms with Crippen LogP contribution >= 0.6 is 0 Å². The molecule has 0 radical (unpaired) electrons. The summed E-state index contributed by atoms with van der Waals surface area (Å²) in [7, 11) is 0. The highest BCUT2D eigenvalue weighted by Crippen LogP contribution is 2.03. The minimum atomic E-state index is 0.266. The minimum Gasteiger partial charge on any atom is -0.327 e. The standard InChI is InChI=1S/C14H24N2/c1-12(2)11-16-9-8-14(15)10-13-6-4-3-5-7-13/h3-7,12,14,16H,8-11,15H2,1-2H3. The first kappa shape index (κ1) is 13.2. The summed E-state index contributed by atoms with van der Waals surface area (Å²) in [5.41, 5.74) is 7.41. The number of nitrogens with two attached hydrogens (primary N) is 1. The third-order valence-corrected chi connectivity index (χ3v) is 2.59. The van der Waals surface area contributed by atoms with Crippen molar-refractivity contribution >= 4 is 0 Å². The molecule has 2 nitrogen and oxygen atoms in total. The highest BCUT2D eigenvalue weighted by molar-refractivity contribution is 5.15. The summed E-state index contributed by atoms with van der Waals surface area (Å²) in [5, 5.41) is 3.42. The maximum atomic E-state index is 6.08. The van der Waals surface area contributed by atoms with Gasteiger partial charge in [-0.3, -0.25) is 0 Å². The molecule has 1 unspecified atom stereocenters. The lowest BCUT2D eigenvalue weighted by molar-refractivity contribution is 0.511. The van der Waals surface area contributed by atoms with Gasteiger partial charge in [-0.1, -0.05) is 44.2 Å². The first-order chi connectivity index (χ1) is 7.68. The van der Waals surface area contributed by atoms with Crippen molar-refractivity contribution in [3.05, 3.63) is 35.9 Å². The quantitative estimate of drug-likeness (QED) is 0.691. The van der Waals surface area contributed by atoms with Crippen molar-refractivity contribution in [2.75, 3.05) is 13.1 Å². The lowest BCUT2D eigenvalue weighted by Crippen LogP contribution is -2.30. The van der Waals surface area contributed by atoms with E-state index in [1.165, 1.54) is 5.56 Å². The number of hydrogen-bond acceptors (Lipinski definition) is 2. The molecule has 2 heteroatoms. The van der Waals surface area contributed by atoms with Crippen LogP contribution in [0, 0.1) is 5.92 Å². The summed E-state index contributed by atoms with van der Waals surface area (Å²) in [4.78, 5) is 0. The van der Waals surface area contributed by atoms with Gasteiger partial charge in [0.15, 0.2) is 0 Å². The Kier molecular flexibility index (Phi) is 6.12. The Hall–Kier alpha value is -0.860. The van der Waals surface area contributed by atoms with Gasteiger partial charge in [0.2, 0.25) is 0 Å². The Morgan fingerprint density at radius 3 is 2.50 bits per heavy atom. The van der Waals surface area contributed by atoms with Crippen LogP contribution in [0.15, 0.2) is 30.3 Å². The van der Waals surface area contributed by atoms with Gasteiger partial charge in [-0.05, 0) is 37.4 Å². The van der Waals surface area contributed by atoms with Crippen LogP contribution in [0.5, 0.6) is 0 Å². The Morgan fingerprint density at radius 2 is 1.88 bits per heavy atom. The van der Waals surface area contributed by atoms with Gasteiger partial charge in [-0.2, -0.15) is 0 Å². The van der Waals surface area contributed by atoms with Gasteiger partial charge in [0.1, 0.15) is 0 Å². The van der Waals surface area contributed by atoms with Gasteiger partial charge in [0, 0.05) is 6.04 Å². The van der Waals surface area contributed by atoms with Gasteiger partial charge in [0.05, 0.1) is 0 Å². The minimum absolute atomic E-state index is 0.266. The zero-order valence-corrected chi connectivity index (χ0v) is 10.4. The fourth-order valence-electron chi connectivity index (χ4n) is 1.70. The van der Waals surface area contributed by atoms with Crippen molar-refractivity contribution in [3.8, 4) is 0 Å². The Balaban J connectivity index is 2.14. The molecule has 0 aliphatic rings. The van der Waals surface area contributed by atoms with E-state index in [2.05, 4.69) is 43.4 Å². The van der Waals surface area contributed by atoms with Crippen molar-refractivity contribution in [3.63, 3.8) is 0 Å². The third kappa shape index (κ3) is 5.89. The third-order valence-electron chi connectivity index (χ3n) is 2.59. The second kappa shape index (κ2) is 7.42. The van der Waals surface area contributed by atoms with Crippen molar-refractivity contribution in [2.24, 2.45) is 11.7 Å². The number of rotatable bonds is 7. The van der Waals surface area contributed by atoms with Crippen molar-refractivity contribution in [1.82, 2.24) is 5.32 Å². The predicted octanol–water partition coefficient (Wildman–Crippen LogP) is 2.19. The van der Waals surface area contributed by atoms with Crippen LogP contribution in [0.2, 0.25) is 0 Å². The molecule has 1 rings (SSSR count). The monoisotopic (exact) mass is 220 g/mol. The molecule has 0 aliphatic carbocycles. The summed E-state index contributed by atoms with van der Waals surface area (Å²) in [6, 6.07) is 10.7. The molecule has 0 aromatic heterocycles. The zero-order valence-electron chi connectivity index (χ0n) is 10.4. The van der Waals surface area contributed by atoms with E-state index in [1.807, 2.05) is 6.07 Å². The molecule has 0 heterocycles. The molecule has 0 spiro atoms. The van der Waals surface area contributed by atoms with Crippen LogP contribution in [-0.4, -0.2) is 19.1 Å². The molecular weight excluding hydrogens is 196 g/mol. The summed E-state index contributed by atoms with van der Waals surface area (Å²) in [5.74, 6) is 0.713. The molecule has 3 N–H and O–H groups in total. The van der Waals surface area contributed by atoms with Crippen LogP contribution < -0.4 is 11.1 Å². The van der Waals surface area contributed by atoms with E-state index in [1.54, 1.807) is 0 Å². The predicted molar refractivity (Wildman–Crippen MR) is 70.4 cm³/mol. The molecular formula is C14H24N2. The van der Waals surface area contributed by atoms with Crippen molar-refractivity contribution < 1.29 is 0 Å². The van der Waals surface area contributed by atoms with Crippen LogP contribution in [0.4, 0.5) is 0 Å². The van der Waals surface area contributed by atoms with Crippen molar-refractivity contribution in [2.45, 2.75) is 32.7 Å². The Bertz CT molecular complexity index is 269. The lowest BCUT2D eigenvalue weighted by Gasteiger charge is -2.13. The molecule has 1 atom stereocenters.